The normalized spacial score (nSPS) is 12.2. The average Bonchev–Trinajstić information content (AvgIpc) is 2.84. The molecule has 0 aliphatic rings. The van der Waals surface area contributed by atoms with Crippen LogP contribution in [0.2, 0.25) is 0 Å². The van der Waals surface area contributed by atoms with Gasteiger partial charge < -0.3 is 0 Å². The highest BCUT2D eigenvalue weighted by atomic mass is 19.4. The minimum absolute atomic E-state index is 0.324. The van der Waals surface area contributed by atoms with Crippen LogP contribution < -0.4 is 0 Å². The predicted molar refractivity (Wildman–Crippen MR) is 140 cm³/mol. The van der Waals surface area contributed by atoms with Gasteiger partial charge >= 0.3 is 12.4 Å². The summed E-state index contributed by atoms with van der Waals surface area (Å²) in [6.07, 6.45) is -8.74. The molecule has 4 rings (SSSR count). The average molecular weight is 527 g/mol. The molecule has 4 aromatic rings. The molecule has 0 fully saturated rings. The second kappa shape index (κ2) is 10.3. The van der Waals surface area contributed by atoms with Gasteiger partial charge in [0, 0.05) is 0 Å². The summed E-state index contributed by atoms with van der Waals surface area (Å²) in [5, 5.41) is 0. The van der Waals surface area contributed by atoms with E-state index < -0.39 is 34.6 Å². The van der Waals surface area contributed by atoms with Gasteiger partial charge in [-0.3, -0.25) is 0 Å². The lowest BCUT2D eigenvalue weighted by atomic mass is 9.90. The Morgan fingerprint density at radius 1 is 0.500 bits per heavy atom. The fourth-order valence-electron chi connectivity index (χ4n) is 4.70. The van der Waals surface area contributed by atoms with E-state index in [1.54, 1.807) is 0 Å². The fourth-order valence-corrected chi connectivity index (χ4v) is 4.70. The first-order valence-electron chi connectivity index (χ1n) is 12.3. The van der Waals surface area contributed by atoms with Crippen LogP contribution in [0.5, 0.6) is 0 Å². The molecular formula is C32H28F6. The van der Waals surface area contributed by atoms with Crippen LogP contribution in [-0.2, 0) is 25.2 Å². The van der Waals surface area contributed by atoms with Gasteiger partial charge in [-0.15, -0.1) is 0 Å². The maximum absolute atomic E-state index is 14.0. The Labute approximate surface area is 219 Å². The van der Waals surface area contributed by atoms with Gasteiger partial charge in [0.25, 0.3) is 0 Å². The Morgan fingerprint density at radius 2 is 1.05 bits per heavy atom. The Hall–Kier alpha value is -3.54. The summed E-state index contributed by atoms with van der Waals surface area (Å²) in [5.74, 6) is 0. The van der Waals surface area contributed by atoms with E-state index in [4.69, 9.17) is 0 Å². The number of halogens is 6. The second-order valence-corrected chi connectivity index (χ2v) is 9.86. The number of benzene rings is 4. The number of aryl methyl sites for hydroxylation is 6. The van der Waals surface area contributed by atoms with Gasteiger partial charge in [-0.2, -0.15) is 26.3 Å². The lowest BCUT2D eigenvalue weighted by Gasteiger charge is -2.19. The van der Waals surface area contributed by atoms with E-state index in [2.05, 4.69) is 38.1 Å². The number of rotatable bonds is 5. The van der Waals surface area contributed by atoms with Crippen LogP contribution in [0.3, 0.4) is 0 Å². The van der Waals surface area contributed by atoms with Crippen LogP contribution in [-0.4, -0.2) is 0 Å². The summed E-state index contributed by atoms with van der Waals surface area (Å²) in [6.45, 7) is 7.56. The summed E-state index contributed by atoms with van der Waals surface area (Å²) in [4.78, 5) is 0. The van der Waals surface area contributed by atoms with E-state index in [-0.39, 0.29) is 0 Å². The molecule has 6 heteroatoms. The van der Waals surface area contributed by atoms with Gasteiger partial charge in [-0.1, -0.05) is 66.2 Å². The molecule has 198 valence electrons. The van der Waals surface area contributed by atoms with Gasteiger partial charge in [0.15, 0.2) is 0 Å². The largest absolute Gasteiger partial charge is 0.417 e. The van der Waals surface area contributed by atoms with Crippen molar-refractivity contribution < 1.29 is 26.3 Å². The summed E-state index contributed by atoms with van der Waals surface area (Å²) < 4.78 is 83.1. The monoisotopic (exact) mass is 526 g/mol. The zero-order chi connectivity index (χ0) is 27.8. The SMILES string of the molecule is Cc1ccc(-c2ccc(CCc3ccc(-c4ccc(C)c(C)c4)cc3C)cc2C(F)(F)F)c(C(F)(F)F)c1. The van der Waals surface area contributed by atoms with Crippen LogP contribution in [0.4, 0.5) is 26.3 Å². The van der Waals surface area contributed by atoms with Gasteiger partial charge in [0.2, 0.25) is 0 Å². The van der Waals surface area contributed by atoms with Gasteiger partial charge in [-0.25, -0.2) is 0 Å². The molecule has 0 atom stereocenters. The molecule has 4 aromatic carbocycles. The van der Waals surface area contributed by atoms with Crippen molar-refractivity contribution in [2.75, 3.05) is 0 Å². The first kappa shape index (κ1) is 27.5. The van der Waals surface area contributed by atoms with Crippen LogP contribution in [0, 0.1) is 27.7 Å². The quantitative estimate of drug-likeness (QED) is 0.227. The number of alkyl halides is 6. The molecule has 0 saturated carbocycles. The van der Waals surface area contributed by atoms with E-state index in [0.29, 0.717) is 24.0 Å². The molecule has 0 heterocycles. The van der Waals surface area contributed by atoms with Crippen LogP contribution in [0.15, 0.2) is 72.8 Å². The molecule has 0 radical (unpaired) electrons. The van der Waals surface area contributed by atoms with Crippen molar-refractivity contribution in [1.29, 1.82) is 0 Å². The van der Waals surface area contributed by atoms with Crippen molar-refractivity contribution in [2.24, 2.45) is 0 Å². The first-order chi connectivity index (χ1) is 17.7. The highest BCUT2D eigenvalue weighted by Crippen LogP contribution is 2.43. The minimum Gasteiger partial charge on any atom is -0.166 e. The van der Waals surface area contributed by atoms with Gasteiger partial charge in [-0.05, 0) is 103 Å². The molecule has 38 heavy (non-hydrogen) atoms. The van der Waals surface area contributed by atoms with Crippen LogP contribution in [0.1, 0.15) is 44.5 Å². The van der Waals surface area contributed by atoms with E-state index >= 15 is 0 Å². The van der Waals surface area contributed by atoms with Gasteiger partial charge in [0.1, 0.15) is 0 Å². The third-order valence-corrected chi connectivity index (χ3v) is 7.03. The summed E-state index contributed by atoms with van der Waals surface area (Å²) in [7, 11) is 0. The topological polar surface area (TPSA) is 0 Å². The molecule has 0 aromatic heterocycles. The Kier molecular flexibility index (Phi) is 7.46. The third-order valence-electron chi connectivity index (χ3n) is 7.03. The highest BCUT2D eigenvalue weighted by Gasteiger charge is 2.38. The Bertz CT molecular complexity index is 1470. The van der Waals surface area contributed by atoms with E-state index in [0.717, 1.165) is 46.5 Å². The molecular weight excluding hydrogens is 498 g/mol. The Balaban J connectivity index is 1.63. The Morgan fingerprint density at radius 3 is 1.63 bits per heavy atom. The second-order valence-electron chi connectivity index (χ2n) is 9.86. The molecule has 0 aliphatic heterocycles. The van der Waals surface area contributed by atoms with Crippen molar-refractivity contribution in [1.82, 2.24) is 0 Å². The van der Waals surface area contributed by atoms with Gasteiger partial charge in [0.05, 0.1) is 11.1 Å². The van der Waals surface area contributed by atoms with E-state index in [9.17, 15) is 26.3 Å². The molecule has 0 bridgehead atoms. The maximum atomic E-state index is 14.0. The standard InChI is InChI=1S/C32H28F6/c1-19-5-13-27(29(15-19)31(33,34)35)28-14-8-23(18-30(28)32(36,37)38)7-10-24-11-12-26(17-22(24)4)25-9-6-20(2)21(3)16-25/h5-6,8-9,11-18H,7,10H2,1-4H3. The zero-order valence-electron chi connectivity index (χ0n) is 21.6. The molecule has 0 unspecified atom stereocenters. The summed E-state index contributed by atoms with van der Waals surface area (Å²) in [5.41, 5.74) is 4.27. The lowest BCUT2D eigenvalue weighted by Crippen LogP contribution is -2.12. The lowest BCUT2D eigenvalue weighted by molar-refractivity contribution is -0.139. The maximum Gasteiger partial charge on any atom is 0.417 e. The molecule has 0 amide bonds. The van der Waals surface area contributed by atoms with Crippen molar-refractivity contribution in [2.45, 2.75) is 52.9 Å². The fraction of sp³-hybridized carbons (Fsp3) is 0.250. The summed E-state index contributed by atoms with van der Waals surface area (Å²) >= 11 is 0. The van der Waals surface area contributed by atoms with Crippen LogP contribution in [0.25, 0.3) is 22.3 Å². The smallest absolute Gasteiger partial charge is 0.166 e. The summed E-state index contributed by atoms with van der Waals surface area (Å²) in [6, 6.07) is 19.3. The van der Waals surface area contributed by atoms with E-state index in [1.165, 1.54) is 30.2 Å². The number of hydrogen-bond donors (Lipinski definition) is 0. The first-order valence-corrected chi connectivity index (χ1v) is 12.3. The molecule has 0 nitrogen and oxygen atoms in total. The molecule has 0 aliphatic carbocycles. The zero-order valence-corrected chi connectivity index (χ0v) is 21.6. The van der Waals surface area contributed by atoms with E-state index in [1.807, 2.05) is 19.1 Å². The van der Waals surface area contributed by atoms with Crippen molar-refractivity contribution in [3.05, 3.63) is 117 Å². The minimum atomic E-state index is -4.80. The highest BCUT2D eigenvalue weighted by molar-refractivity contribution is 5.73. The van der Waals surface area contributed by atoms with Crippen molar-refractivity contribution in [3.8, 4) is 22.3 Å². The molecule has 0 saturated heterocycles. The van der Waals surface area contributed by atoms with Crippen LogP contribution >= 0.6 is 0 Å². The van der Waals surface area contributed by atoms with Crippen molar-refractivity contribution >= 4 is 0 Å². The molecule has 0 N–H and O–H groups in total. The molecule has 0 spiro atoms. The predicted octanol–water partition coefficient (Wildman–Crippen LogP) is 10.1. The third kappa shape index (κ3) is 5.95. The number of hydrogen-bond acceptors (Lipinski definition) is 0. The van der Waals surface area contributed by atoms with Crippen molar-refractivity contribution in [3.63, 3.8) is 0 Å².